The molecule has 0 atom stereocenters. The Morgan fingerprint density at radius 3 is 2.53 bits per heavy atom. The number of piperazine rings is 1. The van der Waals surface area contributed by atoms with E-state index in [1.165, 1.54) is 0 Å². The summed E-state index contributed by atoms with van der Waals surface area (Å²) in [7, 11) is 0. The highest BCUT2D eigenvalue weighted by atomic mass is 16.2. The number of amides is 2. The first-order valence-electron chi connectivity index (χ1n) is 6.79. The number of nitrogens with one attached hydrogen (secondary N) is 1. The van der Waals surface area contributed by atoms with E-state index in [0.717, 1.165) is 38.3 Å². The normalized spacial score (nSPS) is 16.8. The number of rotatable bonds is 3. The summed E-state index contributed by atoms with van der Waals surface area (Å²) >= 11 is 0. The molecule has 1 aliphatic heterocycles. The molecule has 0 spiro atoms. The standard InChI is InChI=1S/C15H21N3O/c1-2-17-10-12-18(13-11-17)15(19)16-9-8-14-6-4-3-5-7-14/h3-9H,2,10-13H2,1H3,(H,16,19)/b9-8+. The molecule has 1 fully saturated rings. The van der Waals surface area contributed by atoms with Crippen molar-refractivity contribution in [1.82, 2.24) is 15.1 Å². The van der Waals surface area contributed by atoms with Gasteiger partial charge >= 0.3 is 6.03 Å². The Morgan fingerprint density at radius 1 is 1.21 bits per heavy atom. The predicted octanol–water partition coefficient (Wildman–Crippen LogP) is 2.00. The lowest BCUT2D eigenvalue weighted by atomic mass is 10.2. The first-order chi connectivity index (χ1) is 9.29. The second kappa shape index (κ2) is 6.95. The van der Waals surface area contributed by atoms with Crippen molar-refractivity contribution in [2.45, 2.75) is 6.92 Å². The summed E-state index contributed by atoms with van der Waals surface area (Å²) in [5.41, 5.74) is 1.08. The fraction of sp³-hybridized carbons (Fsp3) is 0.400. The van der Waals surface area contributed by atoms with Crippen LogP contribution < -0.4 is 5.32 Å². The van der Waals surface area contributed by atoms with Crippen molar-refractivity contribution >= 4 is 12.1 Å². The summed E-state index contributed by atoms with van der Waals surface area (Å²) in [5.74, 6) is 0. The van der Waals surface area contributed by atoms with E-state index in [1.807, 2.05) is 41.3 Å². The van der Waals surface area contributed by atoms with Crippen LogP contribution in [0.25, 0.3) is 6.08 Å². The van der Waals surface area contributed by atoms with Crippen molar-refractivity contribution in [2.75, 3.05) is 32.7 Å². The van der Waals surface area contributed by atoms with Gasteiger partial charge in [-0.15, -0.1) is 0 Å². The van der Waals surface area contributed by atoms with E-state index in [9.17, 15) is 4.79 Å². The van der Waals surface area contributed by atoms with E-state index in [4.69, 9.17) is 0 Å². The summed E-state index contributed by atoms with van der Waals surface area (Å²) in [6.45, 7) is 6.75. The van der Waals surface area contributed by atoms with Crippen molar-refractivity contribution in [3.63, 3.8) is 0 Å². The van der Waals surface area contributed by atoms with Crippen LogP contribution in [0.4, 0.5) is 4.79 Å². The maximum absolute atomic E-state index is 11.9. The number of carbonyl (C=O) groups is 1. The van der Waals surface area contributed by atoms with E-state index >= 15 is 0 Å². The lowest BCUT2D eigenvalue weighted by Crippen LogP contribution is -2.50. The van der Waals surface area contributed by atoms with Gasteiger partial charge in [-0.1, -0.05) is 37.3 Å². The molecule has 0 aliphatic carbocycles. The van der Waals surface area contributed by atoms with Crippen LogP contribution in [0.15, 0.2) is 36.5 Å². The fourth-order valence-electron chi connectivity index (χ4n) is 2.13. The number of hydrogen-bond donors (Lipinski definition) is 1. The second-order valence-electron chi connectivity index (χ2n) is 4.61. The predicted molar refractivity (Wildman–Crippen MR) is 77.7 cm³/mol. The summed E-state index contributed by atoms with van der Waals surface area (Å²) in [5, 5.41) is 2.82. The van der Waals surface area contributed by atoms with Crippen molar-refractivity contribution in [2.24, 2.45) is 0 Å². The number of benzene rings is 1. The van der Waals surface area contributed by atoms with Crippen LogP contribution in [0, 0.1) is 0 Å². The van der Waals surface area contributed by atoms with Crippen LogP contribution in [-0.4, -0.2) is 48.6 Å². The monoisotopic (exact) mass is 259 g/mol. The quantitative estimate of drug-likeness (QED) is 0.901. The van der Waals surface area contributed by atoms with Gasteiger partial charge in [0.1, 0.15) is 0 Å². The first-order valence-corrected chi connectivity index (χ1v) is 6.79. The molecule has 102 valence electrons. The first kappa shape index (κ1) is 13.6. The summed E-state index contributed by atoms with van der Waals surface area (Å²) in [4.78, 5) is 16.1. The lowest BCUT2D eigenvalue weighted by molar-refractivity contribution is 0.145. The zero-order chi connectivity index (χ0) is 13.5. The molecule has 4 heteroatoms. The Hall–Kier alpha value is -1.81. The second-order valence-corrected chi connectivity index (χ2v) is 4.61. The Kier molecular flexibility index (Phi) is 4.98. The molecule has 0 aromatic heterocycles. The Bertz CT molecular complexity index is 422. The van der Waals surface area contributed by atoms with Crippen molar-refractivity contribution < 1.29 is 4.79 Å². The topological polar surface area (TPSA) is 35.6 Å². The van der Waals surface area contributed by atoms with Crippen LogP contribution in [0.2, 0.25) is 0 Å². The number of likely N-dealkylation sites (N-methyl/N-ethyl adjacent to an activating group) is 1. The summed E-state index contributed by atoms with van der Waals surface area (Å²) < 4.78 is 0. The lowest BCUT2D eigenvalue weighted by Gasteiger charge is -2.33. The smallest absolute Gasteiger partial charge is 0.321 e. The Balaban J connectivity index is 1.77. The molecular weight excluding hydrogens is 238 g/mol. The highest BCUT2D eigenvalue weighted by molar-refractivity contribution is 5.76. The number of urea groups is 1. The summed E-state index contributed by atoms with van der Waals surface area (Å²) in [6.07, 6.45) is 3.62. The third kappa shape index (κ3) is 4.10. The van der Waals surface area contributed by atoms with Gasteiger partial charge in [0.05, 0.1) is 0 Å². The molecule has 2 rings (SSSR count). The highest BCUT2D eigenvalue weighted by Crippen LogP contribution is 2.02. The highest BCUT2D eigenvalue weighted by Gasteiger charge is 2.18. The molecule has 4 nitrogen and oxygen atoms in total. The number of carbonyl (C=O) groups excluding carboxylic acids is 1. The summed E-state index contributed by atoms with van der Waals surface area (Å²) in [6, 6.07) is 9.92. The van der Waals surface area contributed by atoms with Gasteiger partial charge < -0.3 is 15.1 Å². The molecule has 0 radical (unpaired) electrons. The third-order valence-electron chi connectivity index (χ3n) is 3.39. The Morgan fingerprint density at radius 2 is 1.89 bits per heavy atom. The average molecular weight is 259 g/mol. The molecule has 1 aliphatic rings. The molecule has 0 unspecified atom stereocenters. The maximum Gasteiger partial charge on any atom is 0.321 e. The SMILES string of the molecule is CCN1CCN(C(=O)N/C=C/c2ccccc2)CC1. The van der Waals surface area contributed by atoms with E-state index in [0.29, 0.717) is 0 Å². The van der Waals surface area contributed by atoms with Gasteiger partial charge in [0.15, 0.2) is 0 Å². The van der Waals surface area contributed by atoms with Crippen LogP contribution in [0.1, 0.15) is 12.5 Å². The molecule has 1 aromatic carbocycles. The van der Waals surface area contributed by atoms with E-state index in [-0.39, 0.29) is 6.03 Å². The molecular formula is C15H21N3O. The maximum atomic E-state index is 11.9. The third-order valence-corrected chi connectivity index (χ3v) is 3.39. The molecule has 1 heterocycles. The van der Waals surface area contributed by atoms with Gasteiger partial charge in [-0.05, 0) is 18.2 Å². The van der Waals surface area contributed by atoms with Crippen LogP contribution >= 0.6 is 0 Å². The molecule has 2 amide bonds. The Labute approximate surface area is 114 Å². The van der Waals surface area contributed by atoms with Gasteiger partial charge in [0.2, 0.25) is 0 Å². The van der Waals surface area contributed by atoms with Gasteiger partial charge in [0, 0.05) is 32.4 Å². The van der Waals surface area contributed by atoms with Gasteiger partial charge in [-0.25, -0.2) is 4.79 Å². The van der Waals surface area contributed by atoms with Crippen LogP contribution in [0.5, 0.6) is 0 Å². The molecule has 1 saturated heterocycles. The minimum absolute atomic E-state index is 0.0112. The van der Waals surface area contributed by atoms with Crippen LogP contribution in [0.3, 0.4) is 0 Å². The van der Waals surface area contributed by atoms with Crippen molar-refractivity contribution in [1.29, 1.82) is 0 Å². The van der Waals surface area contributed by atoms with Gasteiger partial charge in [-0.3, -0.25) is 0 Å². The van der Waals surface area contributed by atoms with Crippen molar-refractivity contribution in [3.05, 3.63) is 42.1 Å². The fourth-order valence-corrected chi connectivity index (χ4v) is 2.13. The largest absolute Gasteiger partial charge is 0.322 e. The minimum Gasteiger partial charge on any atom is -0.322 e. The molecule has 0 saturated carbocycles. The number of nitrogens with zero attached hydrogens (tertiary/aromatic N) is 2. The van der Waals surface area contributed by atoms with Crippen molar-refractivity contribution in [3.8, 4) is 0 Å². The minimum atomic E-state index is -0.0112. The van der Waals surface area contributed by atoms with Gasteiger partial charge in [0.25, 0.3) is 0 Å². The average Bonchev–Trinajstić information content (AvgIpc) is 2.48. The van der Waals surface area contributed by atoms with E-state index < -0.39 is 0 Å². The van der Waals surface area contributed by atoms with E-state index in [1.54, 1.807) is 6.20 Å². The zero-order valence-corrected chi connectivity index (χ0v) is 11.4. The number of hydrogen-bond acceptors (Lipinski definition) is 2. The molecule has 19 heavy (non-hydrogen) atoms. The zero-order valence-electron chi connectivity index (χ0n) is 11.4. The van der Waals surface area contributed by atoms with Gasteiger partial charge in [-0.2, -0.15) is 0 Å². The van der Waals surface area contributed by atoms with E-state index in [2.05, 4.69) is 17.1 Å². The van der Waals surface area contributed by atoms with Crippen LogP contribution in [-0.2, 0) is 0 Å². The molecule has 1 aromatic rings. The molecule has 1 N–H and O–H groups in total. The molecule has 0 bridgehead atoms.